The third-order valence-electron chi connectivity index (χ3n) is 1.89. The Hall–Kier alpha value is -1.00. The van der Waals surface area contributed by atoms with Gasteiger partial charge in [0.05, 0.1) is 4.34 Å². The van der Waals surface area contributed by atoms with Crippen LogP contribution in [0.3, 0.4) is 0 Å². The monoisotopic (exact) mass is 213 g/mol. The van der Waals surface area contributed by atoms with Gasteiger partial charge in [-0.05, 0) is 12.5 Å². The van der Waals surface area contributed by atoms with E-state index in [1.54, 1.807) is 12.4 Å². The van der Waals surface area contributed by atoms with Crippen LogP contribution in [0.1, 0.15) is 5.56 Å². The van der Waals surface area contributed by atoms with Gasteiger partial charge >= 0.3 is 0 Å². The number of nitrogens with two attached hydrogens (primary N) is 1. The van der Waals surface area contributed by atoms with Crippen molar-refractivity contribution < 1.29 is 0 Å². The molecule has 68 valence electrons. The molecule has 0 spiro atoms. The molecule has 2 N–H and O–H groups in total. The summed E-state index contributed by atoms with van der Waals surface area (Å²) in [6.07, 6.45) is 3.38. The first-order valence-corrected chi connectivity index (χ1v) is 4.98. The minimum atomic E-state index is 0.751. The summed E-state index contributed by atoms with van der Waals surface area (Å²) in [7, 11) is 0. The van der Waals surface area contributed by atoms with Crippen LogP contribution in [0.2, 0.25) is 4.34 Å². The molecule has 0 bridgehead atoms. The smallest absolute Gasteiger partial charge is 0.159 e. The van der Waals surface area contributed by atoms with Gasteiger partial charge < -0.3 is 5.84 Å². The Kier molecular flexibility index (Phi) is 2.01. The molecule has 0 radical (unpaired) electrons. The molecular weight excluding hydrogens is 206 g/mol. The van der Waals surface area contributed by atoms with Gasteiger partial charge in [-0.15, -0.1) is 11.3 Å². The van der Waals surface area contributed by atoms with Crippen LogP contribution in [-0.4, -0.2) is 9.66 Å². The summed E-state index contributed by atoms with van der Waals surface area (Å²) in [5, 5.41) is 1.96. The second-order valence-corrected chi connectivity index (χ2v) is 4.19. The van der Waals surface area contributed by atoms with Gasteiger partial charge in [-0.2, -0.15) is 0 Å². The first-order chi connectivity index (χ1) is 6.20. The van der Waals surface area contributed by atoms with Crippen LogP contribution in [0.25, 0.3) is 11.4 Å². The van der Waals surface area contributed by atoms with Crippen molar-refractivity contribution >= 4 is 22.9 Å². The van der Waals surface area contributed by atoms with Crippen LogP contribution in [0.5, 0.6) is 0 Å². The summed E-state index contributed by atoms with van der Waals surface area (Å²) < 4.78 is 2.28. The van der Waals surface area contributed by atoms with E-state index in [0.717, 1.165) is 21.3 Å². The van der Waals surface area contributed by atoms with Crippen molar-refractivity contribution in [2.75, 3.05) is 5.84 Å². The highest BCUT2D eigenvalue weighted by Crippen LogP contribution is 2.32. The molecule has 2 aromatic heterocycles. The van der Waals surface area contributed by atoms with E-state index in [9.17, 15) is 0 Å². The van der Waals surface area contributed by atoms with Crippen molar-refractivity contribution in [2.24, 2.45) is 0 Å². The molecule has 0 aliphatic heterocycles. The molecule has 2 rings (SSSR count). The topological polar surface area (TPSA) is 43.8 Å². The van der Waals surface area contributed by atoms with Crippen molar-refractivity contribution in [3.63, 3.8) is 0 Å². The second-order valence-electron chi connectivity index (χ2n) is 2.71. The lowest BCUT2D eigenvalue weighted by Crippen LogP contribution is -2.08. The Morgan fingerprint density at radius 2 is 2.38 bits per heavy atom. The Bertz CT molecular complexity index is 432. The maximum atomic E-state index is 5.94. The highest BCUT2D eigenvalue weighted by molar-refractivity contribution is 7.15. The number of hydrogen-bond acceptors (Lipinski definition) is 3. The Morgan fingerprint density at radius 3 is 2.85 bits per heavy atom. The Morgan fingerprint density at radius 1 is 1.62 bits per heavy atom. The fourth-order valence-corrected chi connectivity index (χ4v) is 2.16. The van der Waals surface area contributed by atoms with E-state index < -0.39 is 0 Å². The van der Waals surface area contributed by atoms with Gasteiger partial charge in [0.15, 0.2) is 5.82 Å². The molecule has 0 fully saturated rings. The van der Waals surface area contributed by atoms with E-state index in [0.29, 0.717) is 0 Å². The number of aromatic nitrogens is 2. The summed E-state index contributed by atoms with van der Waals surface area (Å²) in [4.78, 5) is 4.15. The molecule has 0 aromatic carbocycles. The van der Waals surface area contributed by atoms with Gasteiger partial charge in [0.1, 0.15) is 0 Å². The first-order valence-electron chi connectivity index (χ1n) is 3.72. The molecular formula is C8H8ClN3S. The SMILES string of the molecule is Cc1c(-c2nccn2N)csc1Cl. The van der Waals surface area contributed by atoms with E-state index in [1.165, 1.54) is 16.0 Å². The molecule has 5 heteroatoms. The van der Waals surface area contributed by atoms with E-state index in [-0.39, 0.29) is 0 Å². The minimum absolute atomic E-state index is 0.751. The van der Waals surface area contributed by atoms with Crippen molar-refractivity contribution in [2.45, 2.75) is 6.92 Å². The number of thiophene rings is 1. The molecule has 3 nitrogen and oxygen atoms in total. The molecule has 0 aliphatic carbocycles. The second kappa shape index (κ2) is 3.05. The maximum absolute atomic E-state index is 5.94. The number of rotatable bonds is 1. The maximum Gasteiger partial charge on any atom is 0.159 e. The summed E-state index contributed by atoms with van der Waals surface area (Å²) in [6.45, 7) is 1.96. The van der Waals surface area contributed by atoms with Gasteiger partial charge in [0.2, 0.25) is 0 Å². The average molecular weight is 214 g/mol. The highest BCUT2D eigenvalue weighted by atomic mass is 35.5. The quantitative estimate of drug-likeness (QED) is 0.739. The van der Waals surface area contributed by atoms with Crippen molar-refractivity contribution in [1.82, 2.24) is 9.66 Å². The summed E-state index contributed by atoms with van der Waals surface area (Å²) in [5.41, 5.74) is 2.03. The molecule has 0 unspecified atom stereocenters. The number of nitrogens with zero attached hydrogens (tertiary/aromatic N) is 2. The standard InChI is InChI=1S/C8H8ClN3S/c1-5-6(4-13-7(5)9)8-11-2-3-12(8)10/h2-4H,10H2,1H3. The number of imidazole rings is 1. The normalized spacial score (nSPS) is 10.6. The van der Waals surface area contributed by atoms with Crippen LogP contribution in [0.4, 0.5) is 0 Å². The lowest BCUT2D eigenvalue weighted by molar-refractivity contribution is 1.01. The molecule has 13 heavy (non-hydrogen) atoms. The van der Waals surface area contributed by atoms with Gasteiger partial charge in [0.25, 0.3) is 0 Å². The van der Waals surface area contributed by atoms with E-state index in [2.05, 4.69) is 4.98 Å². The fourth-order valence-electron chi connectivity index (χ4n) is 1.14. The van der Waals surface area contributed by atoms with Crippen LogP contribution in [0.15, 0.2) is 17.8 Å². The van der Waals surface area contributed by atoms with Gasteiger partial charge in [0, 0.05) is 23.3 Å². The zero-order valence-electron chi connectivity index (χ0n) is 6.99. The molecule has 0 amide bonds. The molecule has 0 saturated heterocycles. The van der Waals surface area contributed by atoms with Crippen molar-refractivity contribution in [3.05, 3.63) is 27.7 Å². The Labute approximate surface area is 84.7 Å². The van der Waals surface area contributed by atoms with Gasteiger partial charge in [-0.1, -0.05) is 11.6 Å². The van der Waals surface area contributed by atoms with Crippen LogP contribution < -0.4 is 5.84 Å². The average Bonchev–Trinajstić information content (AvgIpc) is 2.62. The molecule has 0 aliphatic rings. The summed E-state index contributed by atoms with van der Waals surface area (Å²) >= 11 is 7.43. The van der Waals surface area contributed by atoms with E-state index >= 15 is 0 Å². The lowest BCUT2D eigenvalue weighted by Gasteiger charge is -1.99. The van der Waals surface area contributed by atoms with Crippen molar-refractivity contribution in [3.8, 4) is 11.4 Å². The fraction of sp³-hybridized carbons (Fsp3) is 0.125. The lowest BCUT2D eigenvalue weighted by atomic mass is 10.2. The largest absolute Gasteiger partial charge is 0.338 e. The number of halogens is 1. The van der Waals surface area contributed by atoms with E-state index in [1.807, 2.05) is 12.3 Å². The highest BCUT2D eigenvalue weighted by Gasteiger charge is 2.11. The number of nitrogen functional groups attached to an aromatic ring is 1. The molecule has 0 atom stereocenters. The zero-order chi connectivity index (χ0) is 9.42. The summed E-state index contributed by atoms with van der Waals surface area (Å²) in [5.74, 6) is 6.42. The minimum Gasteiger partial charge on any atom is -0.338 e. The predicted octanol–water partition coefficient (Wildman–Crippen LogP) is 2.29. The van der Waals surface area contributed by atoms with Crippen molar-refractivity contribution in [1.29, 1.82) is 0 Å². The molecule has 2 heterocycles. The molecule has 2 aromatic rings. The third-order valence-corrected chi connectivity index (χ3v) is 3.31. The van der Waals surface area contributed by atoms with Crippen LogP contribution >= 0.6 is 22.9 Å². The summed E-state index contributed by atoms with van der Waals surface area (Å²) in [6, 6.07) is 0. The van der Waals surface area contributed by atoms with Crippen LogP contribution in [-0.2, 0) is 0 Å². The van der Waals surface area contributed by atoms with E-state index in [4.69, 9.17) is 17.4 Å². The van der Waals surface area contributed by atoms with Gasteiger partial charge in [-0.25, -0.2) is 4.98 Å². The third kappa shape index (κ3) is 1.32. The number of hydrogen-bond donors (Lipinski definition) is 1. The first kappa shape index (κ1) is 8.59. The van der Waals surface area contributed by atoms with Crippen LogP contribution in [0, 0.1) is 6.92 Å². The molecule has 0 saturated carbocycles. The Balaban J connectivity index is 2.59. The zero-order valence-corrected chi connectivity index (χ0v) is 8.56. The van der Waals surface area contributed by atoms with Gasteiger partial charge in [-0.3, -0.25) is 4.68 Å². The predicted molar refractivity (Wildman–Crippen MR) is 55.4 cm³/mol.